The van der Waals surface area contributed by atoms with Crippen molar-refractivity contribution in [3.63, 3.8) is 0 Å². The fraction of sp³-hybridized carbons (Fsp3) is 0.286. The van der Waals surface area contributed by atoms with E-state index in [9.17, 15) is 4.79 Å². The molecular weight excluding hydrogens is 534 g/mol. The Kier molecular flexibility index (Phi) is 8.49. The van der Waals surface area contributed by atoms with Crippen LogP contribution in [0.5, 0.6) is 0 Å². The molecule has 5 aromatic rings. The molecule has 0 saturated carbocycles. The summed E-state index contributed by atoms with van der Waals surface area (Å²) in [6.07, 6.45) is 8.28. The number of aryl methyl sites for hydroxylation is 2. The smallest absolute Gasteiger partial charge is 0.167 e. The average Bonchev–Trinajstić information content (AvgIpc) is 3.47. The highest BCUT2D eigenvalue weighted by atomic mass is 16.1. The highest BCUT2D eigenvalue weighted by Gasteiger charge is 2.15. The fourth-order valence-electron chi connectivity index (χ4n) is 5.48. The van der Waals surface area contributed by atoms with Crippen molar-refractivity contribution >= 4 is 5.78 Å². The van der Waals surface area contributed by atoms with Gasteiger partial charge in [-0.1, -0.05) is 42.5 Å². The summed E-state index contributed by atoms with van der Waals surface area (Å²) >= 11 is 0. The lowest BCUT2D eigenvalue weighted by Gasteiger charge is -2.32. The van der Waals surface area contributed by atoms with Gasteiger partial charge < -0.3 is 4.90 Å². The van der Waals surface area contributed by atoms with E-state index in [1.165, 1.54) is 5.56 Å². The van der Waals surface area contributed by atoms with Crippen LogP contribution in [0, 0.1) is 6.92 Å². The summed E-state index contributed by atoms with van der Waals surface area (Å²) in [4.78, 5) is 31.9. The zero-order valence-corrected chi connectivity index (χ0v) is 25.1. The van der Waals surface area contributed by atoms with Gasteiger partial charge in [-0.15, -0.1) is 0 Å². The summed E-state index contributed by atoms with van der Waals surface area (Å²) in [6, 6.07) is 20.3. The van der Waals surface area contributed by atoms with Gasteiger partial charge in [0.05, 0.1) is 11.4 Å². The molecule has 43 heavy (non-hydrogen) atoms. The third-order valence-corrected chi connectivity index (χ3v) is 8.15. The van der Waals surface area contributed by atoms with Crippen LogP contribution in [0.15, 0.2) is 85.5 Å². The standard InChI is InChI=1S/C35H37N7O/c1-25-4-5-27(19-34(43)28-8-6-26(7-9-28)24-42-16-14-40(2)15-17-42)18-29(25)21-35-37-12-10-32(38-35)30-20-31(23-36-22-30)33-11-13-41(3)39-33/h4-13,18,20,22-23H,14-17,19,21,24H2,1-3H3. The van der Waals surface area contributed by atoms with Gasteiger partial charge in [0.25, 0.3) is 0 Å². The molecule has 1 fully saturated rings. The van der Waals surface area contributed by atoms with Crippen molar-refractivity contribution in [1.29, 1.82) is 0 Å². The molecule has 4 heterocycles. The maximum Gasteiger partial charge on any atom is 0.167 e. The normalized spacial score (nSPS) is 14.2. The quantitative estimate of drug-likeness (QED) is 0.230. The number of Topliss-reactive ketones (excluding diaryl/α,β-unsaturated/α-hetero) is 1. The van der Waals surface area contributed by atoms with Gasteiger partial charge in [-0.3, -0.25) is 19.4 Å². The van der Waals surface area contributed by atoms with Gasteiger partial charge in [0.1, 0.15) is 5.82 Å². The monoisotopic (exact) mass is 571 g/mol. The average molecular weight is 572 g/mol. The summed E-state index contributed by atoms with van der Waals surface area (Å²) in [6.45, 7) is 7.38. The third kappa shape index (κ3) is 7.10. The van der Waals surface area contributed by atoms with E-state index in [2.05, 4.69) is 69.2 Å². The van der Waals surface area contributed by atoms with Crippen LogP contribution >= 0.6 is 0 Å². The van der Waals surface area contributed by atoms with Gasteiger partial charge in [-0.25, -0.2) is 9.97 Å². The van der Waals surface area contributed by atoms with Crippen molar-refractivity contribution in [3.8, 4) is 22.5 Å². The maximum absolute atomic E-state index is 13.2. The van der Waals surface area contributed by atoms with Crippen molar-refractivity contribution in [2.24, 2.45) is 7.05 Å². The molecule has 0 radical (unpaired) electrons. The molecule has 0 N–H and O–H groups in total. The van der Waals surface area contributed by atoms with Crippen LogP contribution in [-0.2, 0) is 26.4 Å². The van der Waals surface area contributed by atoms with E-state index in [0.717, 1.165) is 83.3 Å². The van der Waals surface area contributed by atoms with E-state index in [4.69, 9.17) is 4.98 Å². The molecule has 0 amide bonds. The summed E-state index contributed by atoms with van der Waals surface area (Å²) in [5, 5.41) is 4.49. The molecule has 218 valence electrons. The number of likely N-dealkylation sites (N-methyl/N-ethyl adjacent to an activating group) is 1. The van der Waals surface area contributed by atoms with Gasteiger partial charge in [0, 0.05) is 94.1 Å². The van der Waals surface area contributed by atoms with Gasteiger partial charge >= 0.3 is 0 Å². The molecular formula is C35H37N7O. The second-order valence-corrected chi connectivity index (χ2v) is 11.5. The summed E-state index contributed by atoms with van der Waals surface area (Å²) in [5.74, 6) is 0.850. The summed E-state index contributed by atoms with van der Waals surface area (Å²) in [7, 11) is 4.07. The van der Waals surface area contributed by atoms with Gasteiger partial charge in [0.2, 0.25) is 0 Å². The lowest BCUT2D eigenvalue weighted by molar-refractivity contribution is 0.0993. The Morgan fingerprint density at radius 1 is 0.837 bits per heavy atom. The number of rotatable bonds is 9. The van der Waals surface area contributed by atoms with Crippen LogP contribution in [-0.4, -0.2) is 73.5 Å². The van der Waals surface area contributed by atoms with Crippen molar-refractivity contribution in [2.75, 3.05) is 33.2 Å². The van der Waals surface area contributed by atoms with E-state index in [0.29, 0.717) is 12.8 Å². The molecule has 0 spiro atoms. The molecule has 6 rings (SSSR count). The number of pyridine rings is 1. The molecule has 1 aliphatic heterocycles. The van der Waals surface area contributed by atoms with Crippen LogP contribution in [0.4, 0.5) is 0 Å². The zero-order chi connectivity index (χ0) is 29.8. The first kappa shape index (κ1) is 28.6. The van der Waals surface area contributed by atoms with E-state index in [1.807, 2.05) is 56.0 Å². The first-order chi connectivity index (χ1) is 20.9. The Balaban J connectivity index is 1.12. The second kappa shape index (κ2) is 12.8. The SMILES string of the molecule is Cc1ccc(CC(=O)c2ccc(CN3CCN(C)CC3)cc2)cc1Cc1nccc(-c2cncc(-c3ccn(C)n3)c2)n1. The number of benzene rings is 2. The molecule has 8 nitrogen and oxygen atoms in total. The summed E-state index contributed by atoms with van der Waals surface area (Å²) in [5.41, 5.74) is 8.80. The number of hydrogen-bond acceptors (Lipinski definition) is 7. The van der Waals surface area contributed by atoms with E-state index in [1.54, 1.807) is 10.9 Å². The Morgan fingerprint density at radius 2 is 1.58 bits per heavy atom. The van der Waals surface area contributed by atoms with Crippen LogP contribution in [0.25, 0.3) is 22.5 Å². The minimum Gasteiger partial charge on any atom is -0.304 e. The molecule has 1 saturated heterocycles. The van der Waals surface area contributed by atoms with E-state index < -0.39 is 0 Å². The van der Waals surface area contributed by atoms with Crippen molar-refractivity contribution in [2.45, 2.75) is 26.3 Å². The number of hydrogen-bond donors (Lipinski definition) is 0. The van der Waals surface area contributed by atoms with Gasteiger partial charge in [0.15, 0.2) is 5.78 Å². The number of aromatic nitrogens is 5. The molecule has 3 aromatic heterocycles. The number of nitrogens with zero attached hydrogens (tertiary/aromatic N) is 7. The molecule has 0 atom stereocenters. The van der Waals surface area contributed by atoms with Gasteiger partial charge in [-0.05, 0) is 54.4 Å². The van der Waals surface area contributed by atoms with Crippen molar-refractivity contribution < 1.29 is 4.79 Å². The number of carbonyl (C=O) groups is 1. The molecule has 0 unspecified atom stereocenters. The second-order valence-electron chi connectivity index (χ2n) is 11.5. The summed E-state index contributed by atoms with van der Waals surface area (Å²) < 4.78 is 1.78. The largest absolute Gasteiger partial charge is 0.304 e. The fourth-order valence-corrected chi connectivity index (χ4v) is 5.48. The predicted octanol–water partition coefficient (Wildman–Crippen LogP) is 5.01. The molecule has 2 aromatic carbocycles. The molecule has 0 bridgehead atoms. The molecule has 0 aliphatic carbocycles. The number of ketones is 1. The van der Waals surface area contributed by atoms with Crippen LogP contribution in [0.2, 0.25) is 0 Å². The lowest BCUT2D eigenvalue weighted by Crippen LogP contribution is -2.43. The van der Waals surface area contributed by atoms with Crippen molar-refractivity contribution in [3.05, 3.63) is 119 Å². The topological polar surface area (TPSA) is 80.0 Å². The zero-order valence-electron chi connectivity index (χ0n) is 25.1. The number of piperazine rings is 1. The number of carbonyl (C=O) groups excluding carboxylic acids is 1. The van der Waals surface area contributed by atoms with Crippen LogP contribution in [0.1, 0.15) is 38.4 Å². The van der Waals surface area contributed by atoms with E-state index in [-0.39, 0.29) is 5.78 Å². The van der Waals surface area contributed by atoms with E-state index >= 15 is 0 Å². The highest BCUT2D eigenvalue weighted by molar-refractivity contribution is 5.97. The first-order valence-electron chi connectivity index (χ1n) is 14.8. The van der Waals surface area contributed by atoms with Crippen molar-refractivity contribution in [1.82, 2.24) is 34.5 Å². The Labute approximate surface area is 253 Å². The first-order valence-corrected chi connectivity index (χ1v) is 14.8. The Hall–Kier alpha value is -4.53. The Morgan fingerprint density at radius 3 is 2.33 bits per heavy atom. The predicted molar refractivity (Wildman–Crippen MR) is 169 cm³/mol. The Bertz CT molecular complexity index is 1720. The highest BCUT2D eigenvalue weighted by Crippen LogP contribution is 2.24. The molecule has 1 aliphatic rings. The third-order valence-electron chi connectivity index (χ3n) is 8.15. The minimum absolute atomic E-state index is 0.125. The molecule has 8 heteroatoms. The van der Waals surface area contributed by atoms with Crippen LogP contribution < -0.4 is 0 Å². The maximum atomic E-state index is 13.2. The minimum atomic E-state index is 0.125. The van der Waals surface area contributed by atoms with Gasteiger partial charge in [-0.2, -0.15) is 5.10 Å². The van der Waals surface area contributed by atoms with Crippen LogP contribution in [0.3, 0.4) is 0 Å². The lowest BCUT2D eigenvalue weighted by atomic mass is 9.97.